The summed E-state index contributed by atoms with van der Waals surface area (Å²) >= 11 is 0. The summed E-state index contributed by atoms with van der Waals surface area (Å²) in [7, 11) is 0. The molecule has 0 bridgehead atoms. The highest BCUT2D eigenvalue weighted by Crippen LogP contribution is 2.14. The Morgan fingerprint density at radius 2 is 1.71 bits per heavy atom. The molecule has 0 aliphatic heterocycles. The predicted molar refractivity (Wildman–Crippen MR) is 123 cm³/mol. The Morgan fingerprint density at radius 1 is 0.935 bits per heavy atom. The van der Waals surface area contributed by atoms with E-state index in [-0.39, 0.29) is 17.7 Å². The molecule has 5 nitrogen and oxygen atoms in total. The van der Waals surface area contributed by atoms with E-state index in [1.54, 1.807) is 24.4 Å². The van der Waals surface area contributed by atoms with Gasteiger partial charge in [0.25, 0.3) is 5.91 Å². The molecule has 0 radical (unpaired) electrons. The van der Waals surface area contributed by atoms with Gasteiger partial charge in [-0.3, -0.25) is 9.59 Å². The summed E-state index contributed by atoms with van der Waals surface area (Å²) in [5.74, 6) is 5.44. The van der Waals surface area contributed by atoms with Crippen LogP contribution >= 0.6 is 0 Å². The normalized spacial score (nSPS) is 11.2. The fourth-order valence-electron chi connectivity index (χ4n) is 3.05. The summed E-state index contributed by atoms with van der Waals surface area (Å²) in [6.07, 6.45) is 1.69. The van der Waals surface area contributed by atoms with E-state index in [1.165, 1.54) is 0 Å². The molecule has 2 aromatic carbocycles. The van der Waals surface area contributed by atoms with Gasteiger partial charge in [0.1, 0.15) is 11.7 Å². The molecule has 1 atom stereocenters. The molecule has 1 aromatic heterocycles. The number of nitrogens with zero attached hydrogens (tertiary/aromatic N) is 1. The van der Waals surface area contributed by atoms with E-state index in [0.29, 0.717) is 16.9 Å². The third-order valence-electron chi connectivity index (χ3n) is 4.76. The van der Waals surface area contributed by atoms with Crippen LogP contribution in [0.25, 0.3) is 0 Å². The Morgan fingerprint density at radius 3 is 2.42 bits per heavy atom. The maximum absolute atomic E-state index is 12.9. The minimum absolute atomic E-state index is 0.0832. The molecule has 0 spiro atoms. The molecule has 0 aliphatic carbocycles. The summed E-state index contributed by atoms with van der Waals surface area (Å²) < 4.78 is 0. The van der Waals surface area contributed by atoms with Gasteiger partial charge >= 0.3 is 0 Å². The molecular formula is C26H25N3O2. The van der Waals surface area contributed by atoms with E-state index in [1.807, 2.05) is 69.3 Å². The van der Waals surface area contributed by atoms with Crippen LogP contribution in [-0.2, 0) is 4.79 Å². The lowest BCUT2D eigenvalue weighted by atomic mass is 10.0. The first kappa shape index (κ1) is 21.8. The summed E-state index contributed by atoms with van der Waals surface area (Å²) in [4.78, 5) is 29.8. The van der Waals surface area contributed by atoms with Crippen molar-refractivity contribution in [2.75, 3.05) is 5.32 Å². The molecule has 0 fully saturated rings. The molecule has 0 saturated heterocycles. The minimum Gasteiger partial charge on any atom is -0.340 e. The highest BCUT2D eigenvalue weighted by molar-refractivity contribution is 6.02. The first-order valence-electron chi connectivity index (χ1n) is 10.1. The number of benzene rings is 2. The average molecular weight is 412 g/mol. The smallest absolute Gasteiger partial charge is 0.252 e. The molecular weight excluding hydrogens is 386 g/mol. The Kier molecular flexibility index (Phi) is 7.18. The van der Waals surface area contributed by atoms with E-state index in [2.05, 4.69) is 27.5 Å². The zero-order valence-corrected chi connectivity index (χ0v) is 17.8. The van der Waals surface area contributed by atoms with Crippen LogP contribution in [0.2, 0.25) is 0 Å². The molecule has 0 aliphatic rings. The lowest BCUT2D eigenvalue weighted by Crippen LogP contribution is -2.47. The quantitative estimate of drug-likeness (QED) is 0.619. The zero-order chi connectivity index (χ0) is 22.2. The molecule has 2 amide bonds. The average Bonchev–Trinajstić information content (AvgIpc) is 2.77. The van der Waals surface area contributed by atoms with Gasteiger partial charge in [-0.15, -0.1) is 0 Å². The maximum Gasteiger partial charge on any atom is 0.252 e. The van der Waals surface area contributed by atoms with Crippen molar-refractivity contribution in [2.24, 2.45) is 5.92 Å². The first-order chi connectivity index (χ1) is 14.9. The molecule has 3 aromatic rings. The third-order valence-corrected chi connectivity index (χ3v) is 4.76. The number of pyridine rings is 1. The maximum atomic E-state index is 12.9. The van der Waals surface area contributed by atoms with Gasteiger partial charge < -0.3 is 10.6 Å². The van der Waals surface area contributed by atoms with Crippen molar-refractivity contribution < 1.29 is 9.59 Å². The number of aromatic nitrogens is 1. The second-order valence-electron chi connectivity index (χ2n) is 7.55. The number of hydrogen-bond donors (Lipinski definition) is 2. The number of carbonyl (C=O) groups excluding carboxylic acids is 2. The summed E-state index contributed by atoms with van der Waals surface area (Å²) in [5, 5.41) is 5.76. The Hall–Kier alpha value is -3.91. The van der Waals surface area contributed by atoms with Crippen molar-refractivity contribution in [1.29, 1.82) is 0 Å². The number of anilines is 1. The Labute approximate surface area is 182 Å². The molecule has 2 N–H and O–H groups in total. The summed E-state index contributed by atoms with van der Waals surface area (Å²) in [6.45, 7) is 5.67. The van der Waals surface area contributed by atoms with Crippen LogP contribution in [0, 0.1) is 24.7 Å². The van der Waals surface area contributed by atoms with Crippen LogP contribution in [0.5, 0.6) is 0 Å². The van der Waals surface area contributed by atoms with Gasteiger partial charge in [0.2, 0.25) is 5.91 Å². The van der Waals surface area contributed by atoms with E-state index in [9.17, 15) is 9.59 Å². The van der Waals surface area contributed by atoms with Gasteiger partial charge in [0.05, 0.1) is 0 Å². The van der Waals surface area contributed by atoms with Crippen molar-refractivity contribution in [3.05, 3.63) is 95.3 Å². The Bertz CT molecular complexity index is 1130. The second-order valence-corrected chi connectivity index (χ2v) is 7.55. The van der Waals surface area contributed by atoms with E-state index in [4.69, 9.17) is 0 Å². The highest BCUT2D eigenvalue weighted by atomic mass is 16.2. The lowest BCUT2D eigenvalue weighted by Gasteiger charge is -2.22. The van der Waals surface area contributed by atoms with Crippen LogP contribution in [0.15, 0.2) is 72.9 Å². The van der Waals surface area contributed by atoms with Crippen LogP contribution in [-0.4, -0.2) is 22.8 Å². The van der Waals surface area contributed by atoms with E-state index < -0.39 is 6.04 Å². The topological polar surface area (TPSA) is 71.1 Å². The summed E-state index contributed by atoms with van der Waals surface area (Å²) in [6, 6.07) is 19.5. The van der Waals surface area contributed by atoms with Crippen LogP contribution in [0.3, 0.4) is 0 Å². The SMILES string of the molecule is Cc1ccccc1C(=O)NC(C(=O)Nc1cccc(C#Cc2ccccn2)c1)C(C)C. The van der Waals surface area contributed by atoms with Crippen LogP contribution in [0.1, 0.15) is 41.0 Å². The van der Waals surface area contributed by atoms with Crippen molar-refractivity contribution in [3.63, 3.8) is 0 Å². The van der Waals surface area contributed by atoms with Crippen LogP contribution < -0.4 is 10.6 Å². The van der Waals surface area contributed by atoms with Gasteiger partial charge in [-0.05, 0) is 60.7 Å². The largest absolute Gasteiger partial charge is 0.340 e. The molecule has 1 heterocycles. The van der Waals surface area contributed by atoms with Crippen molar-refractivity contribution in [3.8, 4) is 11.8 Å². The lowest BCUT2D eigenvalue weighted by molar-refractivity contribution is -0.118. The monoisotopic (exact) mass is 411 g/mol. The minimum atomic E-state index is -0.671. The van der Waals surface area contributed by atoms with Crippen LogP contribution in [0.4, 0.5) is 5.69 Å². The predicted octanol–water partition coefficient (Wildman–Crippen LogP) is 4.18. The van der Waals surface area contributed by atoms with Gasteiger partial charge in [0.15, 0.2) is 0 Å². The summed E-state index contributed by atoms with van der Waals surface area (Å²) in [5.41, 5.74) is 3.48. The zero-order valence-electron chi connectivity index (χ0n) is 17.8. The molecule has 1 unspecified atom stereocenters. The van der Waals surface area contributed by atoms with Gasteiger partial charge in [0, 0.05) is 23.0 Å². The fraction of sp³-hybridized carbons (Fsp3) is 0.192. The number of carbonyl (C=O) groups is 2. The Balaban J connectivity index is 1.72. The first-order valence-corrected chi connectivity index (χ1v) is 10.1. The van der Waals surface area contributed by atoms with Gasteiger partial charge in [-0.25, -0.2) is 4.98 Å². The number of rotatable bonds is 5. The van der Waals surface area contributed by atoms with Crippen molar-refractivity contribution in [2.45, 2.75) is 26.8 Å². The number of nitrogens with one attached hydrogen (secondary N) is 2. The van der Waals surface area contributed by atoms with Crippen molar-refractivity contribution >= 4 is 17.5 Å². The van der Waals surface area contributed by atoms with Gasteiger partial charge in [-0.2, -0.15) is 0 Å². The van der Waals surface area contributed by atoms with E-state index in [0.717, 1.165) is 11.1 Å². The second kappa shape index (κ2) is 10.2. The molecule has 0 saturated carbocycles. The third kappa shape index (κ3) is 6.03. The molecule has 31 heavy (non-hydrogen) atoms. The molecule has 5 heteroatoms. The molecule has 3 rings (SSSR count). The van der Waals surface area contributed by atoms with E-state index >= 15 is 0 Å². The highest BCUT2D eigenvalue weighted by Gasteiger charge is 2.25. The number of hydrogen-bond acceptors (Lipinski definition) is 3. The number of amides is 2. The van der Waals surface area contributed by atoms with Gasteiger partial charge in [-0.1, -0.05) is 50.1 Å². The fourth-order valence-corrected chi connectivity index (χ4v) is 3.05. The van der Waals surface area contributed by atoms with Crippen molar-refractivity contribution in [1.82, 2.24) is 10.3 Å². The molecule has 156 valence electrons. The number of aryl methyl sites for hydroxylation is 1. The standard InChI is InChI=1S/C26H25N3O2/c1-18(2)24(29-25(30)23-13-5-4-9-19(23)3)26(31)28-22-12-8-10-20(17-22)14-15-21-11-6-7-16-27-21/h4-13,16-18,24H,1-3H3,(H,28,31)(H,29,30).